The maximum atomic E-state index is 12.3. The van der Waals surface area contributed by atoms with Crippen LogP contribution in [0.25, 0.3) is 0 Å². The van der Waals surface area contributed by atoms with Gasteiger partial charge in [-0.1, -0.05) is 49.9 Å². The van der Waals surface area contributed by atoms with Crippen LogP contribution in [-0.4, -0.2) is 45.8 Å². The Morgan fingerprint density at radius 3 is 2.73 bits per heavy atom. The van der Waals surface area contributed by atoms with E-state index in [0.29, 0.717) is 41.5 Å². The van der Waals surface area contributed by atoms with E-state index < -0.39 is 0 Å². The molecule has 1 unspecified atom stereocenters. The third kappa shape index (κ3) is 5.89. The van der Waals surface area contributed by atoms with Crippen LogP contribution in [0.3, 0.4) is 0 Å². The molecule has 3 N–H and O–H groups in total. The largest absolute Gasteiger partial charge is 0.486 e. The second-order valence-corrected chi connectivity index (χ2v) is 8.81. The predicted octanol–water partition coefficient (Wildman–Crippen LogP) is 2.74. The fourth-order valence-electron chi connectivity index (χ4n) is 3.17. The van der Waals surface area contributed by atoms with Crippen LogP contribution in [0.5, 0.6) is 17.2 Å². The highest BCUT2D eigenvalue weighted by molar-refractivity contribution is 7.99. The van der Waals surface area contributed by atoms with Crippen molar-refractivity contribution < 1.29 is 19.0 Å². The maximum absolute atomic E-state index is 12.3. The molecule has 0 aliphatic carbocycles. The molecule has 0 bridgehead atoms. The van der Waals surface area contributed by atoms with Gasteiger partial charge in [0, 0.05) is 0 Å². The third-order valence-corrected chi connectivity index (χ3v) is 6.02. The van der Waals surface area contributed by atoms with Crippen LogP contribution >= 0.6 is 11.8 Å². The molecule has 2 aromatic carbocycles. The van der Waals surface area contributed by atoms with Crippen LogP contribution in [-0.2, 0) is 11.4 Å². The average Bonchev–Trinajstić information content (AvgIpc) is 3.19. The molecular weight excluding hydrogens is 442 g/mol. The van der Waals surface area contributed by atoms with E-state index in [1.165, 1.54) is 22.0 Å². The number of hydrogen-bond donors (Lipinski definition) is 2. The molecule has 10 heteroatoms. The first-order valence-electron chi connectivity index (χ1n) is 10.7. The number of aromatic nitrogens is 3. The smallest absolute Gasteiger partial charge is 0.230 e. The number of nitrogens with one attached hydrogen (secondary N) is 1. The Kier molecular flexibility index (Phi) is 7.23. The zero-order valence-electron chi connectivity index (χ0n) is 18.6. The number of thioether (sulfide) groups is 1. The number of rotatable bonds is 9. The number of carbonyl (C=O) groups is 1. The fourth-order valence-corrected chi connectivity index (χ4v) is 3.88. The zero-order valence-corrected chi connectivity index (χ0v) is 19.4. The van der Waals surface area contributed by atoms with Crippen LogP contribution < -0.4 is 25.4 Å². The Bertz CT molecular complexity index is 1090. The number of fused-ring (bicyclic) bond motifs is 1. The van der Waals surface area contributed by atoms with Crippen molar-refractivity contribution in [2.24, 2.45) is 0 Å². The van der Waals surface area contributed by atoms with E-state index in [9.17, 15) is 4.79 Å². The molecule has 0 saturated heterocycles. The van der Waals surface area contributed by atoms with Crippen molar-refractivity contribution in [3.63, 3.8) is 0 Å². The summed E-state index contributed by atoms with van der Waals surface area (Å²) in [6.45, 7) is 5.19. The lowest BCUT2D eigenvalue weighted by atomic mass is 10.0. The van der Waals surface area contributed by atoms with Crippen LogP contribution in [0, 0.1) is 0 Å². The second-order valence-electron chi connectivity index (χ2n) is 7.87. The summed E-state index contributed by atoms with van der Waals surface area (Å²) in [4.78, 5) is 12.3. The molecule has 1 atom stereocenters. The number of nitrogens with two attached hydrogens (primary N) is 1. The predicted molar refractivity (Wildman–Crippen MR) is 125 cm³/mol. The molecule has 174 valence electrons. The molecular formula is C23H27N5O4S. The standard InChI is InChI=1S/C23H27N5O4S/c1-15(2)16-7-9-17(10-8-16)30-13-21-26-27-23(28(21)24)33-14-22(29)25-11-18-12-31-19-5-3-4-6-20(19)32-18/h3-10,15,18H,11-14,24H2,1-2H3,(H,25,29). The van der Waals surface area contributed by atoms with E-state index in [2.05, 4.69) is 29.4 Å². The molecule has 0 saturated carbocycles. The first-order chi connectivity index (χ1) is 16.0. The van der Waals surface area contributed by atoms with Gasteiger partial charge in [0.2, 0.25) is 11.1 Å². The molecule has 2 heterocycles. The topological polar surface area (TPSA) is 114 Å². The number of carbonyl (C=O) groups excluding carboxylic acids is 1. The van der Waals surface area contributed by atoms with Crippen LogP contribution in [0.2, 0.25) is 0 Å². The number of nitrogens with zero attached hydrogens (tertiary/aromatic N) is 3. The summed E-state index contributed by atoms with van der Waals surface area (Å²) in [5, 5.41) is 11.4. The first kappa shape index (κ1) is 22.8. The first-order valence-corrected chi connectivity index (χ1v) is 11.7. The number of nitrogen functional groups attached to an aromatic ring is 1. The Labute approximate surface area is 196 Å². The van der Waals surface area contributed by atoms with Gasteiger partial charge in [-0.05, 0) is 35.7 Å². The summed E-state index contributed by atoms with van der Waals surface area (Å²) >= 11 is 1.20. The minimum Gasteiger partial charge on any atom is -0.486 e. The van der Waals surface area contributed by atoms with Crippen LogP contribution in [0.1, 0.15) is 31.2 Å². The molecule has 33 heavy (non-hydrogen) atoms. The van der Waals surface area contributed by atoms with Crippen molar-refractivity contribution >= 4 is 17.7 Å². The highest BCUT2D eigenvalue weighted by atomic mass is 32.2. The van der Waals surface area contributed by atoms with Gasteiger partial charge in [-0.2, -0.15) is 0 Å². The number of amides is 1. The van der Waals surface area contributed by atoms with Gasteiger partial charge in [0.15, 0.2) is 17.3 Å². The van der Waals surface area contributed by atoms with Gasteiger partial charge in [-0.25, -0.2) is 4.68 Å². The molecule has 4 rings (SSSR count). The van der Waals surface area contributed by atoms with Gasteiger partial charge in [-0.15, -0.1) is 10.2 Å². The lowest BCUT2D eigenvalue weighted by Gasteiger charge is -2.26. The maximum Gasteiger partial charge on any atom is 0.230 e. The zero-order chi connectivity index (χ0) is 23.2. The normalized spacial score (nSPS) is 14.8. The molecule has 0 radical (unpaired) electrons. The SMILES string of the molecule is CC(C)c1ccc(OCc2nnc(SCC(=O)NCC3COc4ccccc4O3)n2N)cc1. The molecule has 1 aliphatic rings. The van der Waals surface area contributed by atoms with Crippen LogP contribution in [0.4, 0.5) is 0 Å². The Morgan fingerprint density at radius 1 is 1.21 bits per heavy atom. The average molecular weight is 470 g/mol. The summed E-state index contributed by atoms with van der Waals surface area (Å²) < 4.78 is 18.6. The summed E-state index contributed by atoms with van der Waals surface area (Å²) in [6, 6.07) is 15.4. The summed E-state index contributed by atoms with van der Waals surface area (Å²) in [6.07, 6.45) is -0.245. The minimum absolute atomic E-state index is 0.150. The molecule has 0 spiro atoms. The Balaban J connectivity index is 1.21. The van der Waals surface area contributed by atoms with Crippen molar-refractivity contribution in [1.82, 2.24) is 20.2 Å². The van der Waals surface area contributed by atoms with Crippen molar-refractivity contribution in [3.05, 3.63) is 59.9 Å². The molecule has 1 aromatic heterocycles. The van der Waals surface area contributed by atoms with Gasteiger partial charge in [-0.3, -0.25) is 4.79 Å². The monoisotopic (exact) mass is 469 g/mol. The van der Waals surface area contributed by atoms with Crippen LogP contribution in [0.15, 0.2) is 53.7 Å². The molecule has 3 aromatic rings. The number of hydrogen-bond acceptors (Lipinski definition) is 8. The van der Waals surface area contributed by atoms with E-state index in [1.54, 1.807) is 0 Å². The van der Waals surface area contributed by atoms with Crippen molar-refractivity contribution in [2.45, 2.75) is 37.6 Å². The van der Waals surface area contributed by atoms with E-state index in [4.69, 9.17) is 20.1 Å². The summed E-state index contributed by atoms with van der Waals surface area (Å²) in [5.74, 6) is 9.12. The van der Waals surface area contributed by atoms with Gasteiger partial charge in [0.25, 0.3) is 0 Å². The van der Waals surface area contributed by atoms with Crippen molar-refractivity contribution in [2.75, 3.05) is 24.7 Å². The van der Waals surface area contributed by atoms with Crippen molar-refractivity contribution in [1.29, 1.82) is 0 Å². The molecule has 1 aliphatic heterocycles. The molecule has 1 amide bonds. The number of benzene rings is 2. The quantitative estimate of drug-likeness (QED) is 0.363. The summed E-state index contributed by atoms with van der Waals surface area (Å²) in [7, 11) is 0. The molecule has 9 nitrogen and oxygen atoms in total. The van der Waals surface area contributed by atoms with E-state index >= 15 is 0 Å². The van der Waals surface area contributed by atoms with Gasteiger partial charge < -0.3 is 25.4 Å². The van der Waals surface area contributed by atoms with Crippen molar-refractivity contribution in [3.8, 4) is 17.2 Å². The van der Waals surface area contributed by atoms with Gasteiger partial charge >= 0.3 is 0 Å². The number of ether oxygens (including phenoxy) is 3. The minimum atomic E-state index is -0.245. The highest BCUT2D eigenvalue weighted by Crippen LogP contribution is 2.30. The highest BCUT2D eigenvalue weighted by Gasteiger charge is 2.21. The lowest BCUT2D eigenvalue weighted by molar-refractivity contribution is -0.119. The van der Waals surface area contributed by atoms with Gasteiger partial charge in [0.05, 0.1) is 12.3 Å². The Hall–Kier alpha value is -3.40. The summed E-state index contributed by atoms with van der Waals surface area (Å²) in [5.41, 5.74) is 1.24. The van der Waals surface area contributed by atoms with E-state index in [0.717, 1.165) is 5.75 Å². The number of para-hydroxylation sites is 2. The Morgan fingerprint density at radius 2 is 1.97 bits per heavy atom. The lowest BCUT2D eigenvalue weighted by Crippen LogP contribution is -2.41. The molecule has 0 fully saturated rings. The van der Waals surface area contributed by atoms with E-state index in [-0.39, 0.29) is 24.4 Å². The van der Waals surface area contributed by atoms with Gasteiger partial charge in [0.1, 0.15) is 25.1 Å². The second kappa shape index (κ2) is 10.5. The van der Waals surface area contributed by atoms with E-state index in [1.807, 2.05) is 48.5 Å². The third-order valence-electron chi connectivity index (χ3n) is 5.08. The fraction of sp³-hybridized carbons (Fsp3) is 0.348.